The standard InChI is InChI=1S/C10H13NO5S/c1-17(12,13)10-7(4-5-16-11)2-3-8-9(10)15-6-14-8/h2-3H,4-6,11H2,1H3. The zero-order valence-electron chi connectivity index (χ0n) is 9.30. The van der Waals surface area contributed by atoms with Crippen LogP contribution >= 0.6 is 0 Å². The van der Waals surface area contributed by atoms with Gasteiger partial charge in [0.05, 0.1) is 6.61 Å². The molecular formula is C10H13NO5S. The summed E-state index contributed by atoms with van der Waals surface area (Å²) in [4.78, 5) is 4.62. The molecule has 0 amide bonds. The molecule has 1 aliphatic heterocycles. The molecule has 0 fully saturated rings. The molecule has 0 aromatic heterocycles. The molecule has 1 aromatic carbocycles. The molecule has 7 heteroatoms. The first-order valence-electron chi connectivity index (χ1n) is 4.97. The van der Waals surface area contributed by atoms with E-state index >= 15 is 0 Å². The van der Waals surface area contributed by atoms with Crippen molar-refractivity contribution in [3.05, 3.63) is 17.7 Å². The first-order chi connectivity index (χ1) is 8.04. The minimum absolute atomic E-state index is 0.0364. The lowest BCUT2D eigenvalue weighted by Gasteiger charge is -2.10. The molecule has 94 valence electrons. The van der Waals surface area contributed by atoms with Gasteiger partial charge in [0.15, 0.2) is 21.3 Å². The molecule has 0 radical (unpaired) electrons. The first-order valence-corrected chi connectivity index (χ1v) is 6.86. The lowest BCUT2D eigenvalue weighted by molar-refractivity contribution is 0.140. The van der Waals surface area contributed by atoms with Crippen LogP contribution in [0.1, 0.15) is 5.56 Å². The second-order valence-electron chi connectivity index (χ2n) is 3.68. The molecule has 0 saturated heterocycles. The molecule has 17 heavy (non-hydrogen) atoms. The van der Waals surface area contributed by atoms with Crippen LogP contribution in [-0.2, 0) is 21.1 Å². The third-order valence-electron chi connectivity index (χ3n) is 2.44. The second-order valence-corrected chi connectivity index (χ2v) is 5.63. The summed E-state index contributed by atoms with van der Waals surface area (Å²) in [6.45, 7) is 0.275. The molecule has 1 heterocycles. The summed E-state index contributed by atoms with van der Waals surface area (Å²) in [5.74, 6) is 5.67. The Bertz CT molecular complexity index is 526. The van der Waals surface area contributed by atoms with Crippen molar-refractivity contribution in [2.45, 2.75) is 11.3 Å². The summed E-state index contributed by atoms with van der Waals surface area (Å²) in [7, 11) is -3.39. The van der Waals surface area contributed by atoms with E-state index in [1.54, 1.807) is 12.1 Å². The van der Waals surface area contributed by atoms with Gasteiger partial charge in [0.1, 0.15) is 4.90 Å². The van der Waals surface area contributed by atoms with Crippen molar-refractivity contribution in [1.29, 1.82) is 0 Å². The molecule has 0 unspecified atom stereocenters. The van der Waals surface area contributed by atoms with E-state index in [9.17, 15) is 8.42 Å². The van der Waals surface area contributed by atoms with E-state index in [1.165, 1.54) is 0 Å². The Labute approximate surface area is 99.1 Å². The van der Waals surface area contributed by atoms with Crippen molar-refractivity contribution in [2.24, 2.45) is 5.90 Å². The van der Waals surface area contributed by atoms with E-state index in [4.69, 9.17) is 15.4 Å². The SMILES string of the molecule is CS(=O)(=O)c1c(CCON)ccc2c1OCO2. The van der Waals surface area contributed by atoms with Gasteiger partial charge in [-0.15, -0.1) is 0 Å². The van der Waals surface area contributed by atoms with E-state index in [2.05, 4.69) is 4.84 Å². The third-order valence-corrected chi connectivity index (χ3v) is 3.62. The predicted octanol–water partition coefficient (Wildman–Crippen LogP) is 0.252. The monoisotopic (exact) mass is 259 g/mol. The van der Waals surface area contributed by atoms with Crippen molar-refractivity contribution in [3.8, 4) is 11.5 Å². The van der Waals surface area contributed by atoms with Crippen molar-refractivity contribution in [2.75, 3.05) is 19.7 Å². The van der Waals surface area contributed by atoms with Gasteiger partial charge in [-0.2, -0.15) is 0 Å². The van der Waals surface area contributed by atoms with E-state index in [0.29, 0.717) is 17.7 Å². The number of hydrogen-bond acceptors (Lipinski definition) is 6. The lowest BCUT2D eigenvalue weighted by Crippen LogP contribution is -2.09. The van der Waals surface area contributed by atoms with Crippen LogP contribution in [0.5, 0.6) is 11.5 Å². The fraction of sp³-hybridized carbons (Fsp3) is 0.400. The molecule has 2 rings (SSSR count). The van der Waals surface area contributed by atoms with Crippen LogP contribution in [0.4, 0.5) is 0 Å². The Kier molecular flexibility index (Phi) is 3.23. The number of sulfone groups is 1. The van der Waals surface area contributed by atoms with Gasteiger partial charge in [0.2, 0.25) is 6.79 Å². The number of benzene rings is 1. The van der Waals surface area contributed by atoms with Gasteiger partial charge in [0.25, 0.3) is 0 Å². The Hall–Kier alpha value is -1.31. The largest absolute Gasteiger partial charge is 0.454 e. The normalized spacial score (nSPS) is 14.0. The summed E-state index contributed by atoms with van der Waals surface area (Å²) in [5, 5.41) is 0. The molecule has 0 saturated carbocycles. The average Bonchev–Trinajstić information content (AvgIpc) is 2.71. The lowest BCUT2D eigenvalue weighted by atomic mass is 10.1. The molecular weight excluding hydrogens is 246 g/mol. The average molecular weight is 259 g/mol. The van der Waals surface area contributed by atoms with Crippen LogP contribution in [0.2, 0.25) is 0 Å². The van der Waals surface area contributed by atoms with Crippen LogP contribution < -0.4 is 15.4 Å². The van der Waals surface area contributed by atoms with Gasteiger partial charge in [-0.1, -0.05) is 6.07 Å². The van der Waals surface area contributed by atoms with Gasteiger partial charge in [-0.05, 0) is 18.1 Å². The molecule has 0 spiro atoms. The van der Waals surface area contributed by atoms with Crippen LogP contribution in [0.15, 0.2) is 17.0 Å². The number of hydrogen-bond donors (Lipinski definition) is 1. The van der Waals surface area contributed by atoms with Gasteiger partial charge in [0, 0.05) is 6.26 Å². The summed E-state index contributed by atoms with van der Waals surface area (Å²) in [5.41, 5.74) is 0.613. The molecule has 2 N–H and O–H groups in total. The first kappa shape index (κ1) is 12.2. The Morgan fingerprint density at radius 1 is 1.41 bits per heavy atom. The van der Waals surface area contributed by atoms with Crippen molar-refractivity contribution in [1.82, 2.24) is 0 Å². The fourth-order valence-electron chi connectivity index (χ4n) is 1.76. The zero-order chi connectivity index (χ0) is 12.5. The molecule has 0 atom stereocenters. The summed E-state index contributed by atoms with van der Waals surface area (Å²) in [6, 6.07) is 3.37. The van der Waals surface area contributed by atoms with Crippen LogP contribution in [-0.4, -0.2) is 28.1 Å². The van der Waals surface area contributed by atoms with E-state index in [1.807, 2.05) is 0 Å². The Morgan fingerprint density at radius 2 is 2.18 bits per heavy atom. The second kappa shape index (κ2) is 4.52. The third kappa shape index (κ3) is 2.36. The highest BCUT2D eigenvalue weighted by Crippen LogP contribution is 2.40. The van der Waals surface area contributed by atoms with E-state index < -0.39 is 9.84 Å². The van der Waals surface area contributed by atoms with E-state index in [-0.39, 0.29) is 24.0 Å². The molecule has 1 aliphatic rings. The fourth-order valence-corrected chi connectivity index (χ4v) is 2.90. The topological polar surface area (TPSA) is 87.9 Å². The maximum atomic E-state index is 11.8. The van der Waals surface area contributed by atoms with Crippen LogP contribution in [0.3, 0.4) is 0 Å². The zero-order valence-corrected chi connectivity index (χ0v) is 10.1. The van der Waals surface area contributed by atoms with Crippen LogP contribution in [0.25, 0.3) is 0 Å². The highest BCUT2D eigenvalue weighted by atomic mass is 32.2. The number of fused-ring (bicyclic) bond motifs is 1. The molecule has 1 aromatic rings. The van der Waals surface area contributed by atoms with Gasteiger partial charge < -0.3 is 14.3 Å². The maximum Gasteiger partial charge on any atom is 0.231 e. The number of ether oxygens (including phenoxy) is 2. The van der Waals surface area contributed by atoms with E-state index in [0.717, 1.165) is 6.26 Å². The Balaban J connectivity index is 2.53. The van der Waals surface area contributed by atoms with Crippen LogP contribution in [0, 0.1) is 0 Å². The number of nitrogens with two attached hydrogens (primary N) is 1. The maximum absolute atomic E-state index is 11.8. The highest BCUT2D eigenvalue weighted by molar-refractivity contribution is 7.90. The molecule has 0 bridgehead atoms. The molecule has 0 aliphatic carbocycles. The van der Waals surface area contributed by atoms with Crippen molar-refractivity contribution < 1.29 is 22.7 Å². The minimum atomic E-state index is -3.39. The van der Waals surface area contributed by atoms with Crippen molar-refractivity contribution >= 4 is 9.84 Å². The summed E-state index contributed by atoms with van der Waals surface area (Å²) >= 11 is 0. The summed E-state index contributed by atoms with van der Waals surface area (Å²) < 4.78 is 33.9. The van der Waals surface area contributed by atoms with Gasteiger partial charge in [-0.3, -0.25) is 0 Å². The van der Waals surface area contributed by atoms with Gasteiger partial charge in [-0.25, -0.2) is 14.3 Å². The number of rotatable bonds is 4. The molecule has 6 nitrogen and oxygen atoms in total. The van der Waals surface area contributed by atoms with Crippen molar-refractivity contribution in [3.63, 3.8) is 0 Å². The Morgan fingerprint density at radius 3 is 2.82 bits per heavy atom. The predicted molar refractivity (Wildman–Crippen MR) is 59.5 cm³/mol. The quantitative estimate of drug-likeness (QED) is 0.780. The minimum Gasteiger partial charge on any atom is -0.454 e. The smallest absolute Gasteiger partial charge is 0.231 e. The van der Waals surface area contributed by atoms with Gasteiger partial charge >= 0.3 is 0 Å². The summed E-state index contributed by atoms with van der Waals surface area (Å²) in [6.07, 6.45) is 1.53. The highest BCUT2D eigenvalue weighted by Gasteiger charge is 2.26.